The molecule has 110 valence electrons. The lowest BCUT2D eigenvalue weighted by Gasteiger charge is -2.33. The van der Waals surface area contributed by atoms with Crippen LogP contribution in [0.25, 0.3) is 10.8 Å². The molecule has 1 heterocycles. The highest BCUT2D eigenvalue weighted by atomic mass is 16.2. The maximum Gasteiger partial charge on any atom is 0.254 e. The molecule has 0 saturated carbocycles. The molecule has 1 amide bonds. The Balaban J connectivity index is 1.86. The van der Waals surface area contributed by atoms with Gasteiger partial charge >= 0.3 is 0 Å². The van der Waals surface area contributed by atoms with Crippen molar-refractivity contribution in [1.82, 2.24) is 10.2 Å². The average molecular weight is 282 g/mol. The van der Waals surface area contributed by atoms with Crippen LogP contribution in [0.15, 0.2) is 42.5 Å². The summed E-state index contributed by atoms with van der Waals surface area (Å²) in [7, 11) is 0. The molecule has 3 nitrogen and oxygen atoms in total. The predicted octanol–water partition coefficient (Wildman–Crippen LogP) is 3.05. The largest absolute Gasteiger partial charge is 0.337 e. The molecular weight excluding hydrogens is 260 g/mol. The molecule has 1 aliphatic heterocycles. The van der Waals surface area contributed by atoms with Gasteiger partial charge in [-0.2, -0.15) is 0 Å². The number of carbonyl (C=O) groups is 1. The number of amides is 1. The Labute approximate surface area is 125 Å². The van der Waals surface area contributed by atoms with E-state index in [0.29, 0.717) is 6.04 Å². The molecule has 1 fully saturated rings. The van der Waals surface area contributed by atoms with Gasteiger partial charge in [0.1, 0.15) is 0 Å². The van der Waals surface area contributed by atoms with Crippen LogP contribution >= 0.6 is 0 Å². The maximum atomic E-state index is 12.9. The van der Waals surface area contributed by atoms with Crippen molar-refractivity contribution in [2.24, 2.45) is 0 Å². The minimum absolute atomic E-state index is 0.161. The van der Waals surface area contributed by atoms with Crippen LogP contribution in [0.3, 0.4) is 0 Å². The van der Waals surface area contributed by atoms with Gasteiger partial charge in [-0.1, -0.05) is 43.3 Å². The zero-order valence-corrected chi connectivity index (χ0v) is 12.5. The molecule has 1 unspecified atom stereocenters. The summed E-state index contributed by atoms with van der Waals surface area (Å²) in [6, 6.07) is 14.5. The Hall–Kier alpha value is -1.87. The number of rotatable bonds is 3. The quantitative estimate of drug-likeness (QED) is 0.938. The van der Waals surface area contributed by atoms with Gasteiger partial charge in [-0.25, -0.2) is 0 Å². The third-order valence-corrected chi connectivity index (χ3v) is 4.22. The van der Waals surface area contributed by atoms with E-state index in [2.05, 4.69) is 24.4 Å². The molecule has 21 heavy (non-hydrogen) atoms. The maximum absolute atomic E-state index is 12.9. The van der Waals surface area contributed by atoms with E-state index in [-0.39, 0.29) is 5.91 Å². The van der Waals surface area contributed by atoms with Gasteiger partial charge < -0.3 is 10.2 Å². The number of likely N-dealkylation sites (N-methyl/N-ethyl adjacent to an activating group) is 1. The van der Waals surface area contributed by atoms with Crippen LogP contribution in [0.4, 0.5) is 0 Å². The molecular formula is C18H22N2O. The molecule has 2 aromatic rings. The van der Waals surface area contributed by atoms with Gasteiger partial charge in [-0.05, 0) is 36.2 Å². The molecule has 1 atom stereocenters. The highest BCUT2D eigenvalue weighted by Crippen LogP contribution is 2.21. The van der Waals surface area contributed by atoms with E-state index in [1.165, 1.54) is 0 Å². The van der Waals surface area contributed by atoms with E-state index in [0.717, 1.165) is 48.8 Å². The van der Waals surface area contributed by atoms with E-state index < -0.39 is 0 Å². The van der Waals surface area contributed by atoms with Gasteiger partial charge in [-0.15, -0.1) is 0 Å². The molecule has 3 rings (SSSR count). The van der Waals surface area contributed by atoms with Crippen LogP contribution in [-0.2, 0) is 0 Å². The minimum atomic E-state index is 0.161. The molecule has 1 N–H and O–H groups in total. The number of carbonyl (C=O) groups excluding carboxylic acids is 1. The first kappa shape index (κ1) is 14.1. The SMILES string of the molecule is CCNC1CCCN(C(=O)c2cccc3ccccc23)C1. The van der Waals surface area contributed by atoms with E-state index in [1.807, 2.05) is 35.2 Å². The van der Waals surface area contributed by atoms with Crippen LogP contribution < -0.4 is 5.32 Å². The Kier molecular flexibility index (Phi) is 4.20. The standard InChI is InChI=1S/C18H22N2O/c1-2-19-15-9-6-12-20(13-15)18(21)17-11-5-8-14-7-3-4-10-16(14)17/h3-5,7-8,10-11,15,19H,2,6,9,12-13H2,1H3. The highest BCUT2D eigenvalue weighted by molar-refractivity contribution is 6.07. The Morgan fingerprint density at radius 3 is 2.90 bits per heavy atom. The smallest absolute Gasteiger partial charge is 0.254 e. The third-order valence-electron chi connectivity index (χ3n) is 4.22. The molecule has 0 radical (unpaired) electrons. The fourth-order valence-electron chi connectivity index (χ4n) is 3.20. The Bertz CT molecular complexity index is 631. The number of likely N-dealkylation sites (tertiary alicyclic amines) is 1. The molecule has 0 bridgehead atoms. The van der Waals surface area contributed by atoms with E-state index in [1.54, 1.807) is 0 Å². The molecule has 0 aromatic heterocycles. The monoisotopic (exact) mass is 282 g/mol. The summed E-state index contributed by atoms with van der Waals surface area (Å²) >= 11 is 0. The number of hydrogen-bond donors (Lipinski definition) is 1. The highest BCUT2D eigenvalue weighted by Gasteiger charge is 2.24. The van der Waals surface area contributed by atoms with E-state index in [9.17, 15) is 4.79 Å². The normalized spacial score (nSPS) is 18.9. The summed E-state index contributed by atoms with van der Waals surface area (Å²) in [5.41, 5.74) is 0.824. The summed E-state index contributed by atoms with van der Waals surface area (Å²) in [6.45, 7) is 4.76. The van der Waals surface area contributed by atoms with Gasteiger partial charge in [0.15, 0.2) is 0 Å². The number of fused-ring (bicyclic) bond motifs is 1. The Morgan fingerprint density at radius 2 is 2.05 bits per heavy atom. The number of benzene rings is 2. The van der Waals surface area contributed by atoms with Crippen molar-refractivity contribution >= 4 is 16.7 Å². The second-order valence-corrected chi connectivity index (χ2v) is 5.67. The van der Waals surface area contributed by atoms with Crippen molar-refractivity contribution in [3.8, 4) is 0 Å². The van der Waals surface area contributed by atoms with Crippen LogP contribution in [0.1, 0.15) is 30.1 Å². The summed E-state index contributed by atoms with van der Waals surface area (Å²) in [4.78, 5) is 14.9. The first-order valence-corrected chi connectivity index (χ1v) is 7.80. The fourth-order valence-corrected chi connectivity index (χ4v) is 3.20. The van der Waals surface area contributed by atoms with Gasteiger partial charge in [0.05, 0.1) is 0 Å². The summed E-state index contributed by atoms with van der Waals surface area (Å²) in [5, 5.41) is 5.64. The number of nitrogens with one attached hydrogen (secondary N) is 1. The van der Waals surface area contributed by atoms with E-state index in [4.69, 9.17) is 0 Å². The van der Waals surface area contributed by atoms with Crippen molar-refractivity contribution in [3.05, 3.63) is 48.0 Å². The molecule has 1 saturated heterocycles. The van der Waals surface area contributed by atoms with Crippen LogP contribution in [0, 0.1) is 0 Å². The van der Waals surface area contributed by atoms with Gasteiger partial charge in [-0.3, -0.25) is 4.79 Å². The number of nitrogens with zero attached hydrogens (tertiary/aromatic N) is 1. The van der Waals surface area contributed by atoms with E-state index >= 15 is 0 Å². The third kappa shape index (κ3) is 2.93. The second kappa shape index (κ2) is 6.27. The number of piperidine rings is 1. The zero-order chi connectivity index (χ0) is 14.7. The van der Waals surface area contributed by atoms with Crippen molar-refractivity contribution < 1.29 is 4.79 Å². The summed E-state index contributed by atoms with van der Waals surface area (Å²) in [6.07, 6.45) is 2.24. The minimum Gasteiger partial charge on any atom is -0.337 e. The van der Waals surface area contributed by atoms with Crippen LogP contribution in [0.5, 0.6) is 0 Å². The molecule has 3 heteroatoms. The topological polar surface area (TPSA) is 32.3 Å². The lowest BCUT2D eigenvalue weighted by molar-refractivity contribution is 0.0697. The van der Waals surface area contributed by atoms with Crippen molar-refractivity contribution in [2.45, 2.75) is 25.8 Å². The summed E-state index contributed by atoms with van der Waals surface area (Å²) < 4.78 is 0. The molecule has 2 aromatic carbocycles. The predicted molar refractivity (Wildman–Crippen MR) is 86.6 cm³/mol. The lowest BCUT2D eigenvalue weighted by atomic mass is 10.0. The molecule has 1 aliphatic rings. The fraction of sp³-hybridized carbons (Fsp3) is 0.389. The molecule has 0 aliphatic carbocycles. The first-order chi connectivity index (χ1) is 10.3. The van der Waals surface area contributed by atoms with Crippen LogP contribution in [0.2, 0.25) is 0 Å². The van der Waals surface area contributed by atoms with Gasteiger partial charge in [0, 0.05) is 24.7 Å². The van der Waals surface area contributed by atoms with Gasteiger partial charge in [0.25, 0.3) is 5.91 Å². The van der Waals surface area contributed by atoms with Crippen molar-refractivity contribution in [1.29, 1.82) is 0 Å². The number of hydrogen-bond acceptors (Lipinski definition) is 2. The van der Waals surface area contributed by atoms with Crippen LogP contribution in [-0.4, -0.2) is 36.5 Å². The van der Waals surface area contributed by atoms with Gasteiger partial charge in [0.2, 0.25) is 0 Å². The Morgan fingerprint density at radius 1 is 1.24 bits per heavy atom. The van der Waals surface area contributed by atoms with Crippen molar-refractivity contribution in [3.63, 3.8) is 0 Å². The first-order valence-electron chi connectivity index (χ1n) is 7.80. The lowest BCUT2D eigenvalue weighted by Crippen LogP contribution is -2.48. The summed E-state index contributed by atoms with van der Waals surface area (Å²) in [5.74, 6) is 0.161. The molecule has 0 spiro atoms. The second-order valence-electron chi connectivity index (χ2n) is 5.67. The van der Waals surface area contributed by atoms with Crippen molar-refractivity contribution in [2.75, 3.05) is 19.6 Å². The zero-order valence-electron chi connectivity index (χ0n) is 12.5. The average Bonchev–Trinajstić information content (AvgIpc) is 2.54.